The second-order valence-corrected chi connectivity index (χ2v) is 12.8. The van der Waals surface area contributed by atoms with Gasteiger partial charge in [0.2, 0.25) is 0 Å². The molecule has 0 aliphatic heterocycles. The molecule has 0 radical (unpaired) electrons. The molecule has 0 heterocycles. The van der Waals surface area contributed by atoms with E-state index in [1.165, 1.54) is 67.0 Å². The molecule has 0 bridgehead atoms. The fourth-order valence-corrected chi connectivity index (χ4v) is 6.54. The average molecular weight is 522 g/mol. The van der Waals surface area contributed by atoms with Crippen molar-refractivity contribution in [3.05, 3.63) is 131 Å². The summed E-state index contributed by atoms with van der Waals surface area (Å²) in [5, 5.41) is 0. The van der Waals surface area contributed by atoms with E-state index in [1.807, 2.05) is 0 Å². The van der Waals surface area contributed by atoms with Crippen molar-refractivity contribution < 1.29 is 0 Å². The summed E-state index contributed by atoms with van der Waals surface area (Å²) in [6.45, 7) is 16.2. The van der Waals surface area contributed by atoms with Gasteiger partial charge in [-0.15, -0.1) is 0 Å². The summed E-state index contributed by atoms with van der Waals surface area (Å²) in [6.07, 6.45) is 0. The molecule has 0 atom stereocenters. The predicted octanol–water partition coefficient (Wildman–Crippen LogP) is 10.9. The van der Waals surface area contributed by atoms with Gasteiger partial charge in [-0.05, 0) is 102 Å². The van der Waals surface area contributed by atoms with E-state index in [1.54, 1.807) is 0 Å². The molecule has 0 fully saturated rings. The summed E-state index contributed by atoms with van der Waals surface area (Å²) in [7, 11) is 0. The van der Waals surface area contributed by atoms with Crippen LogP contribution in [0.25, 0.3) is 33.4 Å². The van der Waals surface area contributed by atoms with Gasteiger partial charge in [0.05, 0.1) is 0 Å². The standard InChI is InChI=1S/C39H39N/c1-26-21-22-30(28-15-10-8-11-16-28)24-35(26)40(38(3,4)5)36-25-32-34(23-27(36)2)39(6,7)33-20-14-19-31(37(32)33)29-17-12-9-13-18-29/h8-25H,1-7H3. The van der Waals surface area contributed by atoms with Crippen LogP contribution in [0.4, 0.5) is 11.4 Å². The van der Waals surface area contributed by atoms with Crippen molar-refractivity contribution >= 4 is 11.4 Å². The third-order valence-electron chi connectivity index (χ3n) is 8.57. The molecule has 0 spiro atoms. The number of benzene rings is 5. The van der Waals surface area contributed by atoms with Gasteiger partial charge in [0.15, 0.2) is 0 Å². The molecule has 0 aromatic heterocycles. The largest absolute Gasteiger partial charge is 0.336 e. The lowest BCUT2D eigenvalue weighted by molar-refractivity contribution is 0.558. The fourth-order valence-electron chi connectivity index (χ4n) is 6.54. The molecule has 5 aromatic carbocycles. The van der Waals surface area contributed by atoms with Crippen LogP contribution < -0.4 is 4.90 Å². The van der Waals surface area contributed by atoms with Crippen molar-refractivity contribution in [3.8, 4) is 33.4 Å². The Hall–Kier alpha value is -4.10. The van der Waals surface area contributed by atoms with E-state index in [4.69, 9.17) is 0 Å². The summed E-state index contributed by atoms with van der Waals surface area (Å²) < 4.78 is 0. The lowest BCUT2D eigenvalue weighted by Gasteiger charge is -2.40. The number of hydrogen-bond donors (Lipinski definition) is 0. The lowest BCUT2D eigenvalue weighted by Crippen LogP contribution is -2.38. The minimum atomic E-state index is -0.130. The molecule has 1 heteroatoms. The van der Waals surface area contributed by atoms with Crippen LogP contribution >= 0.6 is 0 Å². The maximum Gasteiger partial charge on any atom is 0.0451 e. The van der Waals surface area contributed by atoms with Gasteiger partial charge in [0, 0.05) is 22.3 Å². The van der Waals surface area contributed by atoms with Crippen molar-refractivity contribution in [1.82, 2.24) is 0 Å². The zero-order valence-electron chi connectivity index (χ0n) is 24.8. The fraction of sp³-hybridized carbons (Fsp3) is 0.231. The van der Waals surface area contributed by atoms with Gasteiger partial charge < -0.3 is 4.90 Å². The maximum absolute atomic E-state index is 2.56. The minimum absolute atomic E-state index is 0.0611. The summed E-state index contributed by atoms with van der Waals surface area (Å²) in [5.41, 5.74) is 15.5. The molecular weight excluding hydrogens is 482 g/mol. The van der Waals surface area contributed by atoms with Gasteiger partial charge in [0.25, 0.3) is 0 Å². The van der Waals surface area contributed by atoms with E-state index < -0.39 is 0 Å². The highest BCUT2D eigenvalue weighted by Gasteiger charge is 2.38. The van der Waals surface area contributed by atoms with E-state index in [0.29, 0.717) is 0 Å². The number of rotatable bonds is 4. The first-order valence-electron chi connectivity index (χ1n) is 14.4. The summed E-state index contributed by atoms with van der Waals surface area (Å²) >= 11 is 0. The molecule has 1 nitrogen and oxygen atoms in total. The first kappa shape index (κ1) is 26.1. The summed E-state index contributed by atoms with van der Waals surface area (Å²) in [5.74, 6) is 0. The van der Waals surface area contributed by atoms with E-state index >= 15 is 0 Å². The van der Waals surface area contributed by atoms with Crippen LogP contribution in [0.3, 0.4) is 0 Å². The molecule has 40 heavy (non-hydrogen) atoms. The third-order valence-corrected chi connectivity index (χ3v) is 8.57. The summed E-state index contributed by atoms with van der Waals surface area (Å²) in [4.78, 5) is 2.56. The van der Waals surface area contributed by atoms with Crippen LogP contribution in [0.15, 0.2) is 109 Å². The average Bonchev–Trinajstić information content (AvgIpc) is 3.16. The predicted molar refractivity (Wildman–Crippen MR) is 173 cm³/mol. The zero-order valence-corrected chi connectivity index (χ0v) is 24.8. The molecule has 200 valence electrons. The van der Waals surface area contributed by atoms with Gasteiger partial charge >= 0.3 is 0 Å². The van der Waals surface area contributed by atoms with Crippen LogP contribution in [-0.2, 0) is 5.41 Å². The Morgan fingerprint density at radius 2 is 1.15 bits per heavy atom. The van der Waals surface area contributed by atoms with E-state index in [2.05, 4.69) is 163 Å². The van der Waals surface area contributed by atoms with Crippen molar-refractivity contribution in [2.24, 2.45) is 0 Å². The number of fused-ring (bicyclic) bond motifs is 3. The first-order valence-corrected chi connectivity index (χ1v) is 14.4. The van der Waals surface area contributed by atoms with Crippen molar-refractivity contribution in [3.63, 3.8) is 0 Å². The minimum Gasteiger partial charge on any atom is -0.336 e. The topological polar surface area (TPSA) is 3.24 Å². The number of nitrogens with zero attached hydrogens (tertiary/aromatic N) is 1. The molecule has 0 saturated heterocycles. The third kappa shape index (κ3) is 4.25. The van der Waals surface area contributed by atoms with Crippen molar-refractivity contribution in [2.45, 2.75) is 59.4 Å². The Morgan fingerprint density at radius 1 is 0.525 bits per heavy atom. The van der Waals surface area contributed by atoms with Gasteiger partial charge in [-0.25, -0.2) is 0 Å². The monoisotopic (exact) mass is 521 g/mol. The lowest BCUT2D eigenvalue weighted by atomic mass is 9.81. The molecule has 5 aromatic rings. The van der Waals surface area contributed by atoms with Crippen LogP contribution in [-0.4, -0.2) is 5.54 Å². The summed E-state index contributed by atoms with van der Waals surface area (Å²) in [6, 6.07) is 40.2. The van der Waals surface area contributed by atoms with Crippen LogP contribution in [0, 0.1) is 13.8 Å². The zero-order chi connectivity index (χ0) is 28.2. The highest BCUT2D eigenvalue weighted by molar-refractivity contribution is 5.94. The number of anilines is 2. The Labute approximate surface area is 240 Å². The first-order chi connectivity index (χ1) is 19.1. The quantitative estimate of drug-likeness (QED) is 0.227. The second-order valence-electron chi connectivity index (χ2n) is 12.8. The Balaban J connectivity index is 1.59. The number of aryl methyl sites for hydroxylation is 2. The highest BCUT2D eigenvalue weighted by atomic mass is 15.2. The number of hydrogen-bond acceptors (Lipinski definition) is 1. The van der Waals surface area contributed by atoms with Crippen LogP contribution in [0.5, 0.6) is 0 Å². The van der Waals surface area contributed by atoms with Gasteiger partial charge in [-0.2, -0.15) is 0 Å². The van der Waals surface area contributed by atoms with E-state index in [9.17, 15) is 0 Å². The van der Waals surface area contributed by atoms with Crippen LogP contribution in [0.1, 0.15) is 56.9 Å². The second kappa shape index (κ2) is 9.52. The molecule has 6 rings (SSSR count). The Morgan fingerprint density at radius 3 is 1.80 bits per heavy atom. The molecule has 1 aliphatic rings. The molecule has 0 amide bonds. The molecule has 0 N–H and O–H groups in total. The molecule has 1 aliphatic carbocycles. The molecule has 0 unspecified atom stereocenters. The van der Waals surface area contributed by atoms with E-state index in [0.717, 1.165) is 0 Å². The molecular formula is C39H39N. The van der Waals surface area contributed by atoms with E-state index in [-0.39, 0.29) is 11.0 Å². The highest BCUT2D eigenvalue weighted by Crippen LogP contribution is 2.54. The normalized spacial score (nSPS) is 13.6. The van der Waals surface area contributed by atoms with Crippen molar-refractivity contribution in [2.75, 3.05) is 4.90 Å². The van der Waals surface area contributed by atoms with Gasteiger partial charge in [0.1, 0.15) is 0 Å². The maximum atomic E-state index is 2.56. The Bertz CT molecular complexity index is 1700. The smallest absolute Gasteiger partial charge is 0.0451 e. The van der Waals surface area contributed by atoms with Gasteiger partial charge in [-0.3, -0.25) is 0 Å². The van der Waals surface area contributed by atoms with Crippen LogP contribution in [0.2, 0.25) is 0 Å². The van der Waals surface area contributed by atoms with Gasteiger partial charge in [-0.1, -0.05) is 111 Å². The molecule has 0 saturated carbocycles. The Kier molecular flexibility index (Phi) is 6.22. The van der Waals surface area contributed by atoms with Crippen molar-refractivity contribution in [1.29, 1.82) is 0 Å². The SMILES string of the molecule is Cc1ccc(-c2ccccc2)cc1N(c1cc2c(cc1C)C(C)(C)c1cccc(-c3ccccc3)c1-2)C(C)(C)C.